The molecule has 124 valence electrons. The Kier molecular flexibility index (Phi) is 5.32. The second-order valence-corrected chi connectivity index (χ2v) is 5.70. The van der Waals surface area contributed by atoms with Gasteiger partial charge < -0.3 is 14.8 Å². The minimum atomic E-state index is -1.37. The van der Waals surface area contributed by atoms with Gasteiger partial charge in [-0.25, -0.2) is 0 Å². The smallest absolute Gasteiger partial charge is 0.249 e. The Balaban J connectivity index is 2.33. The van der Waals surface area contributed by atoms with Gasteiger partial charge in [-0.05, 0) is 36.8 Å². The van der Waals surface area contributed by atoms with Gasteiger partial charge in [0, 0.05) is 11.1 Å². The van der Waals surface area contributed by atoms with E-state index >= 15 is 0 Å². The van der Waals surface area contributed by atoms with E-state index in [4.69, 9.17) is 21.1 Å². The molecule has 0 saturated carbocycles. The van der Waals surface area contributed by atoms with Crippen LogP contribution in [0.15, 0.2) is 42.5 Å². The van der Waals surface area contributed by atoms with Crippen molar-refractivity contribution in [1.82, 2.24) is 0 Å². The molecule has 0 aliphatic carbocycles. The van der Waals surface area contributed by atoms with Crippen molar-refractivity contribution in [3.8, 4) is 17.6 Å². The van der Waals surface area contributed by atoms with Gasteiger partial charge in [0.2, 0.25) is 5.91 Å². The Bertz CT molecular complexity index is 784. The molecule has 0 unspecified atom stereocenters. The predicted octanol–water partition coefficient (Wildman–Crippen LogP) is 3.78. The highest BCUT2D eigenvalue weighted by Crippen LogP contribution is 2.32. The number of carbonyl (C=O) groups excluding carboxylic acids is 1. The summed E-state index contributed by atoms with van der Waals surface area (Å²) in [6, 6.07) is 13.7. The van der Waals surface area contributed by atoms with Crippen LogP contribution in [0.2, 0.25) is 5.02 Å². The highest BCUT2D eigenvalue weighted by atomic mass is 35.5. The van der Waals surface area contributed by atoms with Crippen LogP contribution in [0.1, 0.15) is 12.5 Å². The molecule has 0 aliphatic rings. The third-order valence-electron chi connectivity index (χ3n) is 3.76. The molecule has 0 saturated heterocycles. The Hall–Kier alpha value is -2.71. The number of methoxy groups -OCH3 is 2. The first-order valence-electron chi connectivity index (χ1n) is 7.15. The van der Waals surface area contributed by atoms with Crippen LogP contribution in [0.5, 0.6) is 11.5 Å². The van der Waals surface area contributed by atoms with E-state index < -0.39 is 11.3 Å². The largest absolute Gasteiger partial charge is 0.497 e. The summed E-state index contributed by atoms with van der Waals surface area (Å²) in [6.45, 7) is 1.56. The summed E-state index contributed by atoms with van der Waals surface area (Å²) in [5.41, 5.74) is -0.353. The molecule has 1 amide bonds. The average Bonchev–Trinajstić information content (AvgIpc) is 2.61. The van der Waals surface area contributed by atoms with Crippen molar-refractivity contribution < 1.29 is 14.3 Å². The first-order chi connectivity index (χ1) is 11.4. The van der Waals surface area contributed by atoms with E-state index in [1.54, 1.807) is 56.5 Å². The minimum absolute atomic E-state index is 0.444. The van der Waals surface area contributed by atoms with Gasteiger partial charge in [0.05, 0.1) is 26.0 Å². The molecule has 2 aromatic rings. The maximum atomic E-state index is 12.7. The molecule has 2 rings (SSSR count). The van der Waals surface area contributed by atoms with E-state index in [9.17, 15) is 10.1 Å². The standard InChI is InChI=1S/C18H17ClN2O3/c1-18(11-20,12-4-6-13(19)7-5-12)17(22)21-15-9-8-14(23-2)10-16(15)24-3/h4-10H,1-3H3,(H,21,22)/t18-/m0/s1. The fourth-order valence-electron chi connectivity index (χ4n) is 2.18. The molecule has 24 heavy (non-hydrogen) atoms. The number of halogens is 1. The number of ether oxygens (including phenoxy) is 2. The molecule has 5 nitrogen and oxygen atoms in total. The quantitative estimate of drug-likeness (QED) is 0.896. The molecule has 2 aromatic carbocycles. The van der Waals surface area contributed by atoms with Crippen LogP contribution in [0.4, 0.5) is 5.69 Å². The molecule has 0 aromatic heterocycles. The number of hydrogen-bond acceptors (Lipinski definition) is 4. The lowest BCUT2D eigenvalue weighted by Crippen LogP contribution is -2.36. The van der Waals surface area contributed by atoms with Gasteiger partial charge in [0.25, 0.3) is 0 Å². The van der Waals surface area contributed by atoms with E-state index in [1.165, 1.54) is 7.11 Å². The van der Waals surface area contributed by atoms with Gasteiger partial charge in [-0.15, -0.1) is 0 Å². The highest BCUT2D eigenvalue weighted by Gasteiger charge is 2.36. The van der Waals surface area contributed by atoms with Gasteiger partial charge in [-0.2, -0.15) is 5.26 Å². The van der Waals surface area contributed by atoms with Crippen molar-refractivity contribution in [2.45, 2.75) is 12.3 Å². The second kappa shape index (κ2) is 7.24. The monoisotopic (exact) mass is 344 g/mol. The Morgan fingerprint density at radius 2 is 1.83 bits per heavy atom. The van der Waals surface area contributed by atoms with E-state index in [2.05, 4.69) is 11.4 Å². The molecule has 1 atom stereocenters. The lowest BCUT2D eigenvalue weighted by atomic mass is 9.83. The second-order valence-electron chi connectivity index (χ2n) is 5.26. The van der Waals surface area contributed by atoms with Gasteiger partial charge in [-0.1, -0.05) is 23.7 Å². The molecule has 0 heterocycles. The number of benzene rings is 2. The summed E-state index contributed by atoms with van der Waals surface area (Å²) in [7, 11) is 3.04. The topological polar surface area (TPSA) is 71.3 Å². The molecule has 0 aliphatic heterocycles. The summed E-state index contributed by atoms with van der Waals surface area (Å²) in [4.78, 5) is 12.7. The third-order valence-corrected chi connectivity index (χ3v) is 4.01. The van der Waals surface area contributed by atoms with Crippen LogP contribution in [0, 0.1) is 11.3 Å². The maximum Gasteiger partial charge on any atom is 0.249 e. The van der Waals surface area contributed by atoms with Gasteiger partial charge in [0.1, 0.15) is 11.5 Å². The first kappa shape index (κ1) is 17.6. The van der Waals surface area contributed by atoms with Crippen LogP contribution in [0.25, 0.3) is 0 Å². The summed E-state index contributed by atoms with van der Waals surface area (Å²) in [6.07, 6.45) is 0. The molecule has 0 radical (unpaired) electrons. The lowest BCUT2D eigenvalue weighted by Gasteiger charge is -2.22. The van der Waals surface area contributed by atoms with Crippen molar-refractivity contribution >= 4 is 23.2 Å². The highest BCUT2D eigenvalue weighted by molar-refractivity contribution is 6.30. The van der Waals surface area contributed by atoms with Crippen LogP contribution >= 0.6 is 11.6 Å². The molecule has 0 spiro atoms. The number of amides is 1. The van der Waals surface area contributed by atoms with Crippen molar-refractivity contribution in [1.29, 1.82) is 5.26 Å². The van der Waals surface area contributed by atoms with Crippen LogP contribution in [0.3, 0.4) is 0 Å². The molecular formula is C18H17ClN2O3. The summed E-state index contributed by atoms with van der Waals surface area (Å²) in [5, 5.41) is 12.9. The van der Waals surface area contributed by atoms with Gasteiger partial charge >= 0.3 is 0 Å². The van der Waals surface area contributed by atoms with E-state index in [0.29, 0.717) is 27.8 Å². The van der Waals surface area contributed by atoms with E-state index in [0.717, 1.165) is 0 Å². The van der Waals surface area contributed by atoms with Gasteiger partial charge in [0.15, 0.2) is 5.41 Å². The first-order valence-corrected chi connectivity index (χ1v) is 7.53. The average molecular weight is 345 g/mol. The number of hydrogen-bond donors (Lipinski definition) is 1. The maximum absolute atomic E-state index is 12.7. The number of carbonyl (C=O) groups is 1. The number of nitrogens with one attached hydrogen (secondary N) is 1. The lowest BCUT2D eigenvalue weighted by molar-refractivity contribution is -0.119. The van der Waals surface area contributed by atoms with Crippen LogP contribution in [-0.2, 0) is 10.2 Å². The van der Waals surface area contributed by atoms with Crippen molar-refractivity contribution in [3.63, 3.8) is 0 Å². The number of rotatable bonds is 5. The number of anilines is 1. The van der Waals surface area contributed by atoms with Crippen molar-refractivity contribution in [2.24, 2.45) is 0 Å². The molecule has 0 fully saturated rings. The summed E-state index contributed by atoms with van der Waals surface area (Å²) in [5.74, 6) is 0.584. The predicted molar refractivity (Wildman–Crippen MR) is 92.6 cm³/mol. The van der Waals surface area contributed by atoms with E-state index in [1.807, 2.05) is 0 Å². The Morgan fingerprint density at radius 3 is 2.38 bits per heavy atom. The van der Waals surface area contributed by atoms with E-state index in [-0.39, 0.29) is 0 Å². The van der Waals surface area contributed by atoms with Gasteiger partial charge in [-0.3, -0.25) is 4.79 Å². The minimum Gasteiger partial charge on any atom is -0.497 e. The molecule has 1 N–H and O–H groups in total. The zero-order valence-corrected chi connectivity index (χ0v) is 14.3. The molecule has 0 bridgehead atoms. The Labute approximate surface area is 145 Å². The zero-order chi connectivity index (χ0) is 17.7. The fourth-order valence-corrected chi connectivity index (χ4v) is 2.30. The zero-order valence-electron chi connectivity index (χ0n) is 13.6. The molecular weight excluding hydrogens is 328 g/mol. The Morgan fingerprint density at radius 1 is 1.17 bits per heavy atom. The normalized spacial score (nSPS) is 12.6. The van der Waals surface area contributed by atoms with Crippen molar-refractivity contribution in [3.05, 3.63) is 53.1 Å². The molecule has 6 heteroatoms. The van der Waals surface area contributed by atoms with Crippen LogP contribution in [-0.4, -0.2) is 20.1 Å². The summed E-state index contributed by atoms with van der Waals surface area (Å²) >= 11 is 5.87. The van der Waals surface area contributed by atoms with Crippen molar-refractivity contribution in [2.75, 3.05) is 19.5 Å². The summed E-state index contributed by atoms with van der Waals surface area (Å²) < 4.78 is 10.4. The third kappa shape index (κ3) is 3.44. The SMILES string of the molecule is COc1ccc(NC(=O)[C@@](C)(C#N)c2ccc(Cl)cc2)c(OC)c1. The fraction of sp³-hybridized carbons (Fsp3) is 0.222. The number of nitriles is 1. The number of nitrogens with zero attached hydrogens (tertiary/aromatic N) is 1. The van der Waals surface area contributed by atoms with Crippen LogP contribution < -0.4 is 14.8 Å².